The fourth-order valence-electron chi connectivity index (χ4n) is 2.08. The van der Waals surface area contributed by atoms with Crippen LogP contribution in [-0.4, -0.2) is 17.9 Å². The van der Waals surface area contributed by atoms with Gasteiger partial charge in [0, 0.05) is 35.4 Å². The molecule has 0 aromatic heterocycles. The number of amides is 1. The smallest absolute Gasteiger partial charge is 0.254 e. The second kappa shape index (κ2) is 6.14. The van der Waals surface area contributed by atoms with E-state index in [9.17, 15) is 9.18 Å². The molecule has 0 atom stereocenters. The van der Waals surface area contributed by atoms with Crippen molar-refractivity contribution >= 4 is 23.2 Å². The van der Waals surface area contributed by atoms with Crippen molar-refractivity contribution in [2.75, 3.05) is 12.8 Å². The highest BCUT2D eigenvalue weighted by atomic mass is 35.5. The molecule has 0 bridgehead atoms. The van der Waals surface area contributed by atoms with Crippen molar-refractivity contribution in [3.8, 4) is 0 Å². The Bertz CT molecular complexity index is 668. The van der Waals surface area contributed by atoms with Crippen LogP contribution in [0, 0.1) is 12.7 Å². The van der Waals surface area contributed by atoms with E-state index in [1.807, 2.05) is 0 Å². The van der Waals surface area contributed by atoms with Crippen LogP contribution in [0.4, 0.5) is 10.1 Å². The highest BCUT2D eigenvalue weighted by Gasteiger charge is 2.18. The first-order valence-corrected chi connectivity index (χ1v) is 6.83. The monoisotopic (exact) mass is 306 g/mol. The van der Waals surface area contributed by atoms with Gasteiger partial charge < -0.3 is 10.6 Å². The van der Waals surface area contributed by atoms with Crippen LogP contribution in [0.15, 0.2) is 36.4 Å². The van der Waals surface area contributed by atoms with Crippen molar-refractivity contribution in [1.29, 1.82) is 0 Å². The average molecular weight is 307 g/mol. The Morgan fingerprint density at radius 1 is 1.29 bits per heavy atom. The highest BCUT2D eigenvalue weighted by molar-refractivity contribution is 6.31. The molecule has 0 aliphatic rings. The van der Waals surface area contributed by atoms with E-state index in [-0.39, 0.29) is 12.5 Å². The molecule has 0 saturated heterocycles. The second-order valence-corrected chi connectivity index (χ2v) is 5.29. The van der Waals surface area contributed by atoms with Gasteiger partial charge in [-0.15, -0.1) is 0 Å². The molecule has 21 heavy (non-hydrogen) atoms. The van der Waals surface area contributed by atoms with E-state index < -0.39 is 5.82 Å². The number of carbonyl (C=O) groups is 1. The van der Waals surface area contributed by atoms with Gasteiger partial charge in [0.1, 0.15) is 5.82 Å². The number of anilines is 1. The first-order chi connectivity index (χ1) is 9.91. The lowest BCUT2D eigenvalue weighted by Gasteiger charge is -2.20. The fraction of sp³-hybridized carbons (Fsp3) is 0.188. The third kappa shape index (κ3) is 3.16. The van der Waals surface area contributed by atoms with Gasteiger partial charge in [-0.05, 0) is 36.8 Å². The van der Waals surface area contributed by atoms with E-state index >= 15 is 0 Å². The van der Waals surface area contributed by atoms with Gasteiger partial charge in [-0.1, -0.05) is 23.7 Å². The van der Waals surface area contributed by atoms with Crippen LogP contribution in [0.2, 0.25) is 5.02 Å². The number of halogens is 2. The zero-order chi connectivity index (χ0) is 15.6. The molecule has 110 valence electrons. The van der Waals surface area contributed by atoms with Gasteiger partial charge in [-0.25, -0.2) is 4.39 Å². The molecule has 0 heterocycles. The van der Waals surface area contributed by atoms with Crippen molar-refractivity contribution in [2.45, 2.75) is 13.5 Å². The molecule has 3 nitrogen and oxygen atoms in total. The molecule has 2 N–H and O–H groups in total. The number of nitrogen functional groups attached to an aromatic ring is 1. The first kappa shape index (κ1) is 15.3. The minimum atomic E-state index is -0.425. The molecular weight excluding hydrogens is 291 g/mol. The molecule has 2 aromatic rings. The van der Waals surface area contributed by atoms with Gasteiger partial charge >= 0.3 is 0 Å². The van der Waals surface area contributed by atoms with Crippen LogP contribution in [0.25, 0.3) is 0 Å². The Hall–Kier alpha value is -2.07. The molecule has 1 amide bonds. The van der Waals surface area contributed by atoms with E-state index in [1.54, 1.807) is 38.2 Å². The quantitative estimate of drug-likeness (QED) is 0.880. The van der Waals surface area contributed by atoms with Crippen molar-refractivity contribution in [3.63, 3.8) is 0 Å². The summed E-state index contributed by atoms with van der Waals surface area (Å²) in [7, 11) is 1.60. The van der Waals surface area contributed by atoms with Crippen LogP contribution in [0.3, 0.4) is 0 Å². The summed E-state index contributed by atoms with van der Waals surface area (Å²) in [5.74, 6) is -0.648. The maximum Gasteiger partial charge on any atom is 0.254 e. The summed E-state index contributed by atoms with van der Waals surface area (Å²) < 4.78 is 13.8. The van der Waals surface area contributed by atoms with Crippen LogP contribution in [0.5, 0.6) is 0 Å². The van der Waals surface area contributed by atoms with Crippen LogP contribution in [0.1, 0.15) is 21.5 Å². The second-order valence-electron chi connectivity index (χ2n) is 4.88. The van der Waals surface area contributed by atoms with Crippen LogP contribution < -0.4 is 5.73 Å². The molecule has 0 unspecified atom stereocenters. The molecule has 0 aliphatic heterocycles. The SMILES string of the molecule is Cc1c(N)cccc1C(=O)N(C)Cc1c(F)cccc1Cl. The molecule has 0 saturated carbocycles. The van der Waals surface area contributed by atoms with Gasteiger partial charge in [-0.2, -0.15) is 0 Å². The van der Waals surface area contributed by atoms with Gasteiger partial charge in [0.15, 0.2) is 0 Å². The van der Waals surface area contributed by atoms with E-state index in [0.29, 0.717) is 27.4 Å². The van der Waals surface area contributed by atoms with E-state index in [0.717, 1.165) is 0 Å². The number of hydrogen-bond donors (Lipinski definition) is 1. The highest BCUT2D eigenvalue weighted by Crippen LogP contribution is 2.22. The molecule has 5 heteroatoms. The Kier molecular flexibility index (Phi) is 4.48. The fourth-order valence-corrected chi connectivity index (χ4v) is 2.31. The predicted molar refractivity (Wildman–Crippen MR) is 82.8 cm³/mol. The number of rotatable bonds is 3. The number of nitrogens with zero attached hydrogens (tertiary/aromatic N) is 1. The van der Waals surface area contributed by atoms with Crippen LogP contribution >= 0.6 is 11.6 Å². The average Bonchev–Trinajstić information content (AvgIpc) is 2.45. The van der Waals surface area contributed by atoms with E-state index in [4.69, 9.17) is 17.3 Å². The lowest BCUT2D eigenvalue weighted by molar-refractivity contribution is 0.0783. The summed E-state index contributed by atoms with van der Waals surface area (Å²) in [6, 6.07) is 9.62. The minimum absolute atomic E-state index is 0.0958. The third-order valence-electron chi connectivity index (χ3n) is 3.41. The molecule has 0 spiro atoms. The maximum absolute atomic E-state index is 13.8. The molecule has 2 rings (SSSR count). The van der Waals surface area contributed by atoms with Gasteiger partial charge in [-0.3, -0.25) is 4.79 Å². The summed E-state index contributed by atoms with van der Waals surface area (Å²) in [5.41, 5.74) is 7.89. The number of carbonyl (C=O) groups excluding carboxylic acids is 1. The molecular formula is C16H16ClFN2O. The molecule has 2 aromatic carbocycles. The van der Waals surface area contributed by atoms with Gasteiger partial charge in [0.25, 0.3) is 5.91 Å². The largest absolute Gasteiger partial charge is 0.398 e. The zero-order valence-electron chi connectivity index (χ0n) is 11.9. The number of nitrogens with two attached hydrogens (primary N) is 1. The van der Waals surface area contributed by atoms with E-state index in [1.165, 1.54) is 17.0 Å². The lowest BCUT2D eigenvalue weighted by Crippen LogP contribution is -2.27. The predicted octanol–water partition coefficient (Wildman–Crippen LogP) is 3.64. The third-order valence-corrected chi connectivity index (χ3v) is 3.76. The van der Waals surface area contributed by atoms with Crippen molar-refractivity contribution < 1.29 is 9.18 Å². The Morgan fingerprint density at radius 3 is 2.62 bits per heavy atom. The van der Waals surface area contributed by atoms with Crippen LogP contribution in [-0.2, 0) is 6.54 Å². The zero-order valence-corrected chi connectivity index (χ0v) is 12.6. The summed E-state index contributed by atoms with van der Waals surface area (Å²) in [6.45, 7) is 1.88. The summed E-state index contributed by atoms with van der Waals surface area (Å²) in [6.07, 6.45) is 0. The standard InChI is InChI=1S/C16H16ClFN2O/c1-10-11(5-3-8-15(10)19)16(21)20(2)9-12-13(17)6-4-7-14(12)18/h3-8H,9,19H2,1-2H3. The normalized spacial score (nSPS) is 10.5. The Labute approximate surface area is 128 Å². The van der Waals surface area contributed by atoms with Gasteiger partial charge in [0.05, 0.1) is 0 Å². The van der Waals surface area contributed by atoms with E-state index in [2.05, 4.69) is 0 Å². The number of benzene rings is 2. The topological polar surface area (TPSA) is 46.3 Å². The molecule has 0 fully saturated rings. The Balaban J connectivity index is 2.26. The summed E-state index contributed by atoms with van der Waals surface area (Å²) >= 11 is 5.98. The van der Waals surface area contributed by atoms with Crippen molar-refractivity contribution in [1.82, 2.24) is 4.90 Å². The maximum atomic E-state index is 13.8. The number of hydrogen-bond acceptors (Lipinski definition) is 2. The lowest BCUT2D eigenvalue weighted by atomic mass is 10.1. The Morgan fingerprint density at radius 2 is 1.95 bits per heavy atom. The summed E-state index contributed by atoms with van der Waals surface area (Å²) in [4.78, 5) is 13.9. The summed E-state index contributed by atoms with van der Waals surface area (Å²) in [5, 5.41) is 0.305. The van der Waals surface area contributed by atoms with Gasteiger partial charge in [0.2, 0.25) is 0 Å². The molecule has 0 radical (unpaired) electrons. The van der Waals surface area contributed by atoms with Crippen molar-refractivity contribution in [3.05, 3.63) is 63.9 Å². The van der Waals surface area contributed by atoms with Crippen molar-refractivity contribution in [2.24, 2.45) is 0 Å². The minimum Gasteiger partial charge on any atom is -0.398 e. The first-order valence-electron chi connectivity index (χ1n) is 6.45. The molecule has 0 aliphatic carbocycles.